The summed E-state index contributed by atoms with van der Waals surface area (Å²) in [4.78, 5) is 11.4. The number of aliphatic hydroxyl groups excluding tert-OH is 1. The molecule has 0 aliphatic rings. The fourth-order valence-corrected chi connectivity index (χ4v) is 2.25. The lowest BCUT2D eigenvalue weighted by Crippen LogP contribution is -2.28. The summed E-state index contributed by atoms with van der Waals surface area (Å²) in [7, 11) is 0. The number of aliphatic hydroxyl groups is 1. The maximum Gasteiger partial charge on any atom is 0.162 e. The van der Waals surface area contributed by atoms with Gasteiger partial charge < -0.3 is 10.8 Å². The Morgan fingerprint density at radius 3 is 1.80 bits per heavy atom. The lowest BCUT2D eigenvalue weighted by molar-refractivity contribution is -0.126. The predicted molar refractivity (Wildman–Crippen MR) is 108 cm³/mol. The zero-order valence-electron chi connectivity index (χ0n) is 15.9. The molecule has 1 unspecified atom stereocenters. The van der Waals surface area contributed by atoms with Crippen molar-refractivity contribution in [3.8, 4) is 0 Å². The highest BCUT2D eigenvalue weighted by molar-refractivity contribution is 5.82. The topological polar surface area (TPSA) is 63.3 Å². The summed E-state index contributed by atoms with van der Waals surface area (Å²) in [5, 5.41) is 9.25. The van der Waals surface area contributed by atoms with Crippen molar-refractivity contribution < 1.29 is 9.90 Å². The summed E-state index contributed by atoms with van der Waals surface area (Å²) >= 11 is 0. The molecule has 0 amide bonds. The van der Waals surface area contributed by atoms with Gasteiger partial charge in [-0.25, -0.2) is 0 Å². The minimum Gasteiger partial charge on any atom is -0.384 e. The van der Waals surface area contributed by atoms with Crippen LogP contribution in [0.3, 0.4) is 0 Å². The average Bonchev–Trinajstić information content (AvgIpc) is 2.63. The molecule has 0 aromatic carbocycles. The van der Waals surface area contributed by atoms with Gasteiger partial charge in [0.15, 0.2) is 5.78 Å². The molecule has 0 saturated carbocycles. The summed E-state index contributed by atoms with van der Waals surface area (Å²) < 4.78 is 0. The molecule has 0 bridgehead atoms. The first-order valence-electron chi connectivity index (χ1n) is 9.73. The molecule has 0 radical (unpaired) electrons. The monoisotopic (exact) mass is 347 g/mol. The average molecular weight is 348 g/mol. The largest absolute Gasteiger partial charge is 0.384 e. The van der Waals surface area contributed by atoms with Crippen LogP contribution in [-0.4, -0.2) is 23.5 Å². The van der Waals surface area contributed by atoms with Crippen molar-refractivity contribution in [2.45, 2.75) is 77.2 Å². The van der Waals surface area contributed by atoms with Crippen molar-refractivity contribution >= 4 is 5.78 Å². The standard InChI is InChI=1S/C22H37NO2/c1-2-3-4-5-6-7-8-9-10-11-12-13-14-15-16-17-18-19-21(24)22(25)20-23/h6-7,9-10,12-13,15-16,22,25H,2-5,8,11,14,17-20,23H2,1H3/b7-6+,10-9+,13-12+,16-15+. The second kappa shape index (κ2) is 18.9. The summed E-state index contributed by atoms with van der Waals surface area (Å²) in [6.45, 7) is 2.25. The Kier molecular flexibility index (Phi) is 17.8. The molecule has 142 valence electrons. The number of carbonyl (C=O) groups is 1. The number of Topliss-reactive ketones (excluding diaryl/α,β-unsaturated/α-hetero) is 1. The minimum absolute atomic E-state index is 0.0170. The van der Waals surface area contributed by atoms with Gasteiger partial charge in [-0.15, -0.1) is 0 Å². The first kappa shape index (κ1) is 23.5. The third-order valence-corrected chi connectivity index (χ3v) is 3.85. The van der Waals surface area contributed by atoms with Gasteiger partial charge >= 0.3 is 0 Å². The number of hydrogen-bond acceptors (Lipinski definition) is 3. The van der Waals surface area contributed by atoms with Crippen LogP contribution in [0.5, 0.6) is 0 Å². The molecule has 3 N–H and O–H groups in total. The van der Waals surface area contributed by atoms with Crippen molar-refractivity contribution in [2.75, 3.05) is 6.54 Å². The van der Waals surface area contributed by atoms with Crippen LogP contribution in [0, 0.1) is 0 Å². The van der Waals surface area contributed by atoms with Crippen molar-refractivity contribution in [1.82, 2.24) is 0 Å². The molecule has 0 rings (SSSR count). The van der Waals surface area contributed by atoms with Crippen LogP contribution in [0.25, 0.3) is 0 Å². The smallest absolute Gasteiger partial charge is 0.162 e. The Labute approximate surface area is 154 Å². The molecule has 0 aromatic heterocycles. The predicted octanol–water partition coefficient (Wildman–Crippen LogP) is 5.02. The highest BCUT2D eigenvalue weighted by atomic mass is 16.3. The fourth-order valence-electron chi connectivity index (χ4n) is 2.25. The van der Waals surface area contributed by atoms with E-state index in [0.717, 1.165) is 32.1 Å². The molecular formula is C22H37NO2. The van der Waals surface area contributed by atoms with E-state index in [-0.39, 0.29) is 12.3 Å². The van der Waals surface area contributed by atoms with Gasteiger partial charge in [-0.2, -0.15) is 0 Å². The van der Waals surface area contributed by atoms with Crippen molar-refractivity contribution in [3.63, 3.8) is 0 Å². The van der Waals surface area contributed by atoms with Crippen LogP contribution >= 0.6 is 0 Å². The molecule has 0 spiro atoms. The van der Waals surface area contributed by atoms with Crippen molar-refractivity contribution in [2.24, 2.45) is 5.73 Å². The number of unbranched alkanes of at least 4 members (excludes halogenated alkanes) is 4. The van der Waals surface area contributed by atoms with E-state index < -0.39 is 6.10 Å². The van der Waals surface area contributed by atoms with Gasteiger partial charge in [-0.05, 0) is 44.9 Å². The number of nitrogens with two attached hydrogens (primary N) is 1. The highest BCUT2D eigenvalue weighted by Gasteiger charge is 2.10. The van der Waals surface area contributed by atoms with Gasteiger partial charge in [0.2, 0.25) is 0 Å². The molecular weight excluding hydrogens is 310 g/mol. The number of hydrogen-bond donors (Lipinski definition) is 2. The molecule has 0 fully saturated rings. The molecule has 0 aliphatic heterocycles. The number of rotatable bonds is 16. The SMILES string of the molecule is CCCCC/C=C/C/C=C/C/C=C/C/C=C/CCCC(=O)C(O)CN. The quantitative estimate of drug-likeness (QED) is 0.304. The zero-order valence-corrected chi connectivity index (χ0v) is 15.9. The Morgan fingerprint density at radius 1 is 0.840 bits per heavy atom. The Balaban J connectivity index is 3.50. The van der Waals surface area contributed by atoms with Crippen LogP contribution in [0.2, 0.25) is 0 Å². The molecule has 0 aromatic rings. The van der Waals surface area contributed by atoms with Crippen LogP contribution in [0.4, 0.5) is 0 Å². The maximum absolute atomic E-state index is 11.4. The Morgan fingerprint density at radius 2 is 1.32 bits per heavy atom. The normalized spacial score (nSPS) is 13.7. The molecule has 0 saturated heterocycles. The van der Waals surface area contributed by atoms with E-state index in [2.05, 4.69) is 55.5 Å². The van der Waals surface area contributed by atoms with Gasteiger partial charge in [0.1, 0.15) is 6.10 Å². The van der Waals surface area contributed by atoms with Crippen molar-refractivity contribution in [1.29, 1.82) is 0 Å². The van der Waals surface area contributed by atoms with E-state index in [4.69, 9.17) is 5.73 Å². The summed E-state index contributed by atoms with van der Waals surface area (Å²) in [5.74, 6) is -0.154. The van der Waals surface area contributed by atoms with Gasteiger partial charge in [0.05, 0.1) is 0 Å². The highest BCUT2D eigenvalue weighted by Crippen LogP contribution is 2.02. The molecule has 25 heavy (non-hydrogen) atoms. The Bertz CT molecular complexity index is 422. The third-order valence-electron chi connectivity index (χ3n) is 3.85. The lowest BCUT2D eigenvalue weighted by atomic mass is 10.1. The van der Waals surface area contributed by atoms with E-state index in [1.165, 1.54) is 25.7 Å². The van der Waals surface area contributed by atoms with Crippen LogP contribution in [0.1, 0.15) is 71.1 Å². The van der Waals surface area contributed by atoms with Gasteiger partial charge in [-0.1, -0.05) is 68.4 Å². The molecule has 1 atom stereocenters. The molecule has 3 nitrogen and oxygen atoms in total. The van der Waals surface area contributed by atoms with E-state index in [1.807, 2.05) is 0 Å². The molecule has 0 heterocycles. The van der Waals surface area contributed by atoms with E-state index in [9.17, 15) is 9.90 Å². The first-order chi connectivity index (χ1) is 12.2. The second-order valence-electron chi connectivity index (χ2n) is 6.20. The van der Waals surface area contributed by atoms with Crippen LogP contribution in [-0.2, 0) is 4.79 Å². The number of carbonyl (C=O) groups excluding carboxylic acids is 1. The van der Waals surface area contributed by atoms with Gasteiger partial charge in [0.25, 0.3) is 0 Å². The van der Waals surface area contributed by atoms with Crippen LogP contribution in [0.15, 0.2) is 48.6 Å². The first-order valence-corrected chi connectivity index (χ1v) is 9.73. The lowest BCUT2D eigenvalue weighted by Gasteiger charge is -2.04. The van der Waals surface area contributed by atoms with E-state index in [1.54, 1.807) is 0 Å². The number of allylic oxidation sites excluding steroid dienone is 8. The van der Waals surface area contributed by atoms with Crippen LogP contribution < -0.4 is 5.73 Å². The van der Waals surface area contributed by atoms with Gasteiger partial charge in [-0.3, -0.25) is 4.79 Å². The van der Waals surface area contributed by atoms with E-state index in [0.29, 0.717) is 6.42 Å². The van der Waals surface area contributed by atoms with Crippen molar-refractivity contribution in [3.05, 3.63) is 48.6 Å². The fraction of sp³-hybridized carbons (Fsp3) is 0.591. The van der Waals surface area contributed by atoms with E-state index >= 15 is 0 Å². The number of ketones is 1. The van der Waals surface area contributed by atoms with Gasteiger partial charge in [0, 0.05) is 13.0 Å². The molecule has 3 heteroatoms. The summed E-state index contributed by atoms with van der Waals surface area (Å²) in [6.07, 6.45) is 26.6. The summed E-state index contributed by atoms with van der Waals surface area (Å²) in [6, 6.07) is 0. The second-order valence-corrected chi connectivity index (χ2v) is 6.20. The third kappa shape index (κ3) is 17.2. The summed E-state index contributed by atoms with van der Waals surface area (Å²) in [5.41, 5.74) is 5.24. The molecule has 0 aliphatic carbocycles. The minimum atomic E-state index is -0.989. The zero-order chi connectivity index (χ0) is 18.6. The Hall–Kier alpha value is -1.45. The maximum atomic E-state index is 11.4.